The van der Waals surface area contributed by atoms with Gasteiger partial charge in [0.1, 0.15) is 0 Å². The molecular formula is C34H58N4O. The Morgan fingerprint density at radius 2 is 1.62 bits per heavy atom. The first-order chi connectivity index (χ1) is 18.4. The molecule has 0 radical (unpaired) electrons. The minimum atomic E-state index is -0.0843. The number of nitrogens with one attached hydrogen (secondary N) is 2. The number of aliphatic imine (C=N–C) groups is 1. The maximum Gasteiger partial charge on any atom is 0.217 e. The Bertz CT molecular complexity index is 934. The monoisotopic (exact) mass is 538 g/mol. The van der Waals surface area contributed by atoms with Crippen molar-refractivity contribution < 1.29 is 4.79 Å². The Morgan fingerprint density at radius 3 is 2.08 bits per heavy atom. The highest BCUT2D eigenvalue weighted by atomic mass is 16.1. The molecule has 0 fully saturated rings. The van der Waals surface area contributed by atoms with Crippen molar-refractivity contribution >= 4 is 17.8 Å². The molecule has 1 unspecified atom stereocenters. The molecule has 0 bridgehead atoms. The fourth-order valence-electron chi connectivity index (χ4n) is 4.07. The van der Waals surface area contributed by atoms with Gasteiger partial charge in [0.15, 0.2) is 0 Å². The second-order valence-electron chi connectivity index (χ2n) is 11.4. The maximum atomic E-state index is 11.8. The lowest BCUT2D eigenvalue weighted by molar-refractivity contribution is -0.119. The number of nitrogens with zero attached hydrogens (tertiary/aromatic N) is 1. The van der Waals surface area contributed by atoms with Gasteiger partial charge in [0.25, 0.3) is 0 Å². The van der Waals surface area contributed by atoms with E-state index < -0.39 is 0 Å². The summed E-state index contributed by atoms with van der Waals surface area (Å²) in [6.07, 6.45) is 14.2. The summed E-state index contributed by atoms with van der Waals surface area (Å²) in [5.74, 6) is -0.0148. The zero-order valence-corrected chi connectivity index (χ0v) is 26.5. The van der Waals surface area contributed by atoms with Crippen LogP contribution in [0.15, 0.2) is 52.3 Å². The Hall–Kier alpha value is -2.69. The smallest absolute Gasteiger partial charge is 0.217 e. The van der Waals surface area contributed by atoms with Gasteiger partial charge < -0.3 is 16.5 Å². The minimum absolute atomic E-state index is 0.0148. The Balaban J connectivity index is 0.00000122. The molecule has 0 aliphatic heterocycles. The summed E-state index contributed by atoms with van der Waals surface area (Å²) >= 11 is 0. The van der Waals surface area contributed by atoms with E-state index >= 15 is 0 Å². The quantitative estimate of drug-likeness (QED) is 0.184. The van der Waals surface area contributed by atoms with E-state index in [0.29, 0.717) is 0 Å². The highest BCUT2D eigenvalue weighted by molar-refractivity contribution is 5.91. The van der Waals surface area contributed by atoms with Crippen LogP contribution < -0.4 is 11.1 Å². The lowest BCUT2D eigenvalue weighted by Crippen LogP contribution is -2.40. The number of carbonyl (C=O) groups excluding carboxylic acids is 1. The third kappa shape index (κ3) is 16.8. The van der Waals surface area contributed by atoms with Crippen molar-refractivity contribution in [3.05, 3.63) is 58.4 Å². The third-order valence-corrected chi connectivity index (χ3v) is 7.02. The predicted molar refractivity (Wildman–Crippen MR) is 172 cm³/mol. The molecule has 1 atom stereocenters. The van der Waals surface area contributed by atoms with E-state index in [9.17, 15) is 4.79 Å². The number of unbranched alkanes of at least 4 members (excludes halogenated alkanes) is 2. The summed E-state index contributed by atoms with van der Waals surface area (Å²) in [5, 5.41) is 10.1. The molecule has 5 nitrogen and oxygen atoms in total. The van der Waals surface area contributed by atoms with Gasteiger partial charge in [-0.05, 0) is 80.9 Å². The summed E-state index contributed by atoms with van der Waals surface area (Å²) in [4.78, 5) is 16.8. The van der Waals surface area contributed by atoms with Gasteiger partial charge in [-0.25, -0.2) is 0 Å². The van der Waals surface area contributed by atoms with Crippen LogP contribution in [0.1, 0.15) is 125 Å². The van der Waals surface area contributed by atoms with E-state index in [0.717, 1.165) is 74.0 Å². The minimum Gasteiger partial charge on any atom is -0.402 e. The Labute approximate surface area is 240 Å². The molecule has 4 N–H and O–H groups in total. The van der Waals surface area contributed by atoms with E-state index in [1.807, 2.05) is 13.8 Å². The number of nitrogens with two attached hydrogens (primary N) is 1. The Kier molecular flexibility index (Phi) is 18.9. The zero-order chi connectivity index (χ0) is 29.8. The van der Waals surface area contributed by atoms with Crippen LogP contribution in [0.2, 0.25) is 0 Å². The number of hydrogen-bond acceptors (Lipinski definition) is 4. The third-order valence-electron chi connectivity index (χ3n) is 7.02. The van der Waals surface area contributed by atoms with Gasteiger partial charge in [0.05, 0.1) is 6.04 Å². The number of rotatable bonds is 16. The molecule has 220 valence electrons. The van der Waals surface area contributed by atoms with Gasteiger partial charge in [-0.2, -0.15) is 0 Å². The first kappa shape index (κ1) is 36.3. The number of carbonyl (C=O) groups is 1. The van der Waals surface area contributed by atoms with Crippen LogP contribution in [0, 0.1) is 10.8 Å². The van der Waals surface area contributed by atoms with Gasteiger partial charge in [0, 0.05) is 30.2 Å². The van der Waals surface area contributed by atoms with Gasteiger partial charge in [-0.3, -0.25) is 9.79 Å². The standard InChI is InChI=1S/C26H42N2O.C8H16N2/c1-8-11-13-22-14-16-23(17-15-22)18-25(28-21(5)29)20(4)27-24(12-9-2)19-26(6,7)10-3;1-3-4-5-8(6-9)7(2)10/h12,14-17,25H,8-11,13,18-19H2,1-7H3,(H,28,29);6,9H,3-5,10H2,1-2H3/b24-12-,27-20?;8-7-,9-6?. The normalized spacial score (nSPS) is 13.7. The van der Waals surface area contributed by atoms with Gasteiger partial charge in [-0.1, -0.05) is 91.1 Å². The summed E-state index contributed by atoms with van der Waals surface area (Å²) < 4.78 is 0. The van der Waals surface area contributed by atoms with Crippen LogP contribution in [0.5, 0.6) is 0 Å². The van der Waals surface area contributed by atoms with Crippen LogP contribution in [-0.2, 0) is 17.6 Å². The topological polar surface area (TPSA) is 91.3 Å². The maximum absolute atomic E-state index is 11.8. The molecule has 1 aromatic rings. The van der Waals surface area contributed by atoms with Crippen molar-refractivity contribution in [2.75, 3.05) is 0 Å². The molecule has 0 aliphatic rings. The number of amides is 1. The molecule has 0 aromatic heterocycles. The van der Waals surface area contributed by atoms with E-state index in [1.54, 1.807) is 6.92 Å². The molecule has 1 rings (SSSR count). The molecule has 0 spiro atoms. The SMILES string of the molecule is CC/C=C(/CC(C)(C)CC)N=C(C)C(Cc1ccc(CCCC)cc1)NC(C)=O.CCCC/C(C=N)=C(\C)N. The second kappa shape index (κ2) is 20.2. The fourth-order valence-corrected chi connectivity index (χ4v) is 4.07. The molecule has 1 aromatic carbocycles. The highest BCUT2D eigenvalue weighted by Gasteiger charge is 2.19. The summed E-state index contributed by atoms with van der Waals surface area (Å²) in [5.41, 5.74) is 12.2. The van der Waals surface area contributed by atoms with Gasteiger partial charge in [-0.15, -0.1) is 0 Å². The van der Waals surface area contributed by atoms with E-state index in [-0.39, 0.29) is 17.4 Å². The average molecular weight is 539 g/mol. The number of aryl methyl sites for hydroxylation is 1. The van der Waals surface area contributed by atoms with Crippen molar-refractivity contribution in [3.63, 3.8) is 0 Å². The highest BCUT2D eigenvalue weighted by Crippen LogP contribution is 2.29. The lowest BCUT2D eigenvalue weighted by atomic mass is 9.85. The Morgan fingerprint density at radius 1 is 1.03 bits per heavy atom. The largest absolute Gasteiger partial charge is 0.402 e. The molecule has 5 heteroatoms. The first-order valence-electron chi connectivity index (χ1n) is 15.0. The number of allylic oxidation sites excluding steroid dienone is 4. The lowest BCUT2D eigenvalue weighted by Gasteiger charge is -2.24. The van der Waals surface area contributed by atoms with Crippen molar-refractivity contribution in [1.29, 1.82) is 5.41 Å². The van der Waals surface area contributed by atoms with Crippen molar-refractivity contribution in [2.45, 2.75) is 133 Å². The molecule has 0 aliphatic carbocycles. The summed E-state index contributed by atoms with van der Waals surface area (Å²) in [6, 6.07) is 8.73. The van der Waals surface area contributed by atoms with Crippen LogP contribution in [-0.4, -0.2) is 23.9 Å². The van der Waals surface area contributed by atoms with Crippen LogP contribution >= 0.6 is 0 Å². The fraction of sp³-hybridized carbons (Fsp3) is 0.618. The number of hydrogen-bond donors (Lipinski definition) is 3. The van der Waals surface area contributed by atoms with Crippen LogP contribution in [0.25, 0.3) is 0 Å². The second-order valence-corrected chi connectivity index (χ2v) is 11.4. The van der Waals surface area contributed by atoms with E-state index in [2.05, 4.69) is 77.2 Å². The first-order valence-corrected chi connectivity index (χ1v) is 15.0. The molecule has 0 saturated heterocycles. The molecule has 0 saturated carbocycles. The van der Waals surface area contributed by atoms with Crippen molar-refractivity contribution in [3.8, 4) is 0 Å². The summed E-state index contributed by atoms with van der Waals surface area (Å²) in [7, 11) is 0. The molecule has 0 heterocycles. The predicted octanol–water partition coefficient (Wildman–Crippen LogP) is 8.72. The van der Waals surface area contributed by atoms with Crippen molar-refractivity contribution in [2.24, 2.45) is 16.1 Å². The van der Waals surface area contributed by atoms with Crippen LogP contribution in [0.4, 0.5) is 0 Å². The molecule has 1 amide bonds. The van der Waals surface area contributed by atoms with Gasteiger partial charge in [0.2, 0.25) is 5.91 Å². The molecule has 39 heavy (non-hydrogen) atoms. The summed E-state index contributed by atoms with van der Waals surface area (Å²) in [6.45, 7) is 18.8. The zero-order valence-electron chi connectivity index (χ0n) is 26.5. The van der Waals surface area contributed by atoms with E-state index in [1.165, 1.54) is 30.2 Å². The van der Waals surface area contributed by atoms with Gasteiger partial charge >= 0.3 is 0 Å². The van der Waals surface area contributed by atoms with Crippen molar-refractivity contribution in [1.82, 2.24) is 5.32 Å². The molecular weight excluding hydrogens is 480 g/mol. The van der Waals surface area contributed by atoms with Crippen LogP contribution in [0.3, 0.4) is 0 Å². The average Bonchev–Trinajstić information content (AvgIpc) is 2.88. The van der Waals surface area contributed by atoms with E-state index in [4.69, 9.17) is 16.1 Å². The number of benzene rings is 1.